The first kappa shape index (κ1) is 36.8. The highest BCUT2D eigenvalue weighted by Crippen LogP contribution is 2.38. The van der Waals surface area contributed by atoms with Crippen LogP contribution in [0.3, 0.4) is 0 Å². The molecular weight excluding hydrogens is 626 g/mol. The molecule has 1 N–H and O–H groups in total. The van der Waals surface area contributed by atoms with Crippen molar-refractivity contribution in [2.75, 3.05) is 52.9 Å². The van der Waals surface area contributed by atoms with Gasteiger partial charge in [0.1, 0.15) is 29.8 Å². The zero-order chi connectivity index (χ0) is 34.6. The van der Waals surface area contributed by atoms with Crippen LogP contribution in [0, 0.1) is 0 Å². The van der Waals surface area contributed by atoms with Crippen molar-refractivity contribution < 1.29 is 41.7 Å². The monoisotopic (exact) mass is 671 g/mol. The first-order valence-corrected chi connectivity index (χ1v) is 16.7. The Bertz CT molecular complexity index is 1600. The molecule has 13 heteroatoms. The number of carbonyl (C=O) groups is 2. The molecule has 1 atom stereocenters. The van der Waals surface area contributed by atoms with Crippen molar-refractivity contribution in [1.82, 2.24) is 10.2 Å². The van der Waals surface area contributed by atoms with E-state index in [9.17, 15) is 18.0 Å². The maximum absolute atomic E-state index is 14.5. The lowest BCUT2D eigenvalue weighted by atomic mass is 10.1. The van der Waals surface area contributed by atoms with E-state index >= 15 is 0 Å². The summed E-state index contributed by atoms with van der Waals surface area (Å²) in [6, 6.07) is 15.1. The molecule has 0 saturated heterocycles. The number of amides is 2. The third kappa shape index (κ3) is 9.00. The van der Waals surface area contributed by atoms with Crippen LogP contribution in [0.2, 0.25) is 0 Å². The summed E-state index contributed by atoms with van der Waals surface area (Å²) in [4.78, 5) is 29.2. The fraction of sp³-hybridized carbons (Fsp3) is 0.412. The van der Waals surface area contributed by atoms with Crippen molar-refractivity contribution in [3.8, 4) is 28.7 Å². The number of nitrogens with zero attached hydrogens (tertiary/aromatic N) is 2. The number of sulfonamides is 1. The van der Waals surface area contributed by atoms with Gasteiger partial charge in [0.2, 0.25) is 11.8 Å². The van der Waals surface area contributed by atoms with E-state index in [4.69, 9.17) is 23.7 Å². The van der Waals surface area contributed by atoms with E-state index in [1.807, 2.05) is 13.8 Å². The topological polar surface area (TPSA) is 133 Å². The average molecular weight is 672 g/mol. The minimum Gasteiger partial charge on any atom is -0.497 e. The number of carbonyl (C=O) groups excluding carboxylic acids is 2. The van der Waals surface area contributed by atoms with Crippen LogP contribution in [0.25, 0.3) is 0 Å². The highest BCUT2D eigenvalue weighted by Gasteiger charge is 2.35. The molecule has 3 rings (SSSR count). The molecule has 47 heavy (non-hydrogen) atoms. The Labute approximate surface area is 277 Å². The lowest BCUT2D eigenvalue weighted by Crippen LogP contribution is -2.52. The van der Waals surface area contributed by atoms with Crippen molar-refractivity contribution in [2.24, 2.45) is 0 Å². The molecule has 0 fully saturated rings. The molecule has 0 spiro atoms. The van der Waals surface area contributed by atoms with Gasteiger partial charge in [-0.3, -0.25) is 13.9 Å². The Morgan fingerprint density at radius 3 is 1.96 bits per heavy atom. The van der Waals surface area contributed by atoms with Crippen molar-refractivity contribution >= 4 is 27.5 Å². The number of rotatable bonds is 18. The number of nitrogens with one attached hydrogen (secondary N) is 1. The Hall–Kier alpha value is -4.65. The quantitative estimate of drug-likeness (QED) is 0.192. The number of benzene rings is 3. The third-order valence-corrected chi connectivity index (χ3v) is 9.36. The van der Waals surface area contributed by atoms with Crippen LogP contribution in [-0.4, -0.2) is 79.8 Å². The van der Waals surface area contributed by atoms with Gasteiger partial charge in [0.25, 0.3) is 10.0 Å². The summed E-state index contributed by atoms with van der Waals surface area (Å²) in [7, 11) is 2.79. The second-order valence-electron chi connectivity index (χ2n) is 10.5. The third-order valence-electron chi connectivity index (χ3n) is 7.60. The summed E-state index contributed by atoms with van der Waals surface area (Å²) in [5.74, 6) is 0.759. The van der Waals surface area contributed by atoms with Gasteiger partial charge in [0.15, 0.2) is 11.5 Å². The number of anilines is 1. The highest BCUT2D eigenvalue weighted by atomic mass is 32.2. The van der Waals surface area contributed by atoms with E-state index in [0.717, 1.165) is 22.7 Å². The summed E-state index contributed by atoms with van der Waals surface area (Å²) in [6.07, 6.45) is 1.96. The molecule has 256 valence electrons. The Morgan fingerprint density at radius 1 is 0.766 bits per heavy atom. The van der Waals surface area contributed by atoms with Gasteiger partial charge in [-0.25, -0.2) is 8.42 Å². The molecule has 0 aliphatic carbocycles. The first-order chi connectivity index (χ1) is 22.6. The standard InChI is InChI=1S/C34H45N3O9S/c1-8-10-19-35-34(39)28(9-2)36(22-24-11-13-25(42-3)14-12-24)33(38)23-37(29-20-26(43-4)15-17-30(29)44-5)47(40,41)27-16-18-31(45-6)32(21-27)46-7/h11-18,20-21,28H,8-10,19,22-23H2,1-7H3,(H,35,39)/t28-/m0/s1. The molecule has 12 nitrogen and oxygen atoms in total. The van der Waals surface area contributed by atoms with Crippen molar-refractivity contribution in [1.29, 1.82) is 0 Å². The fourth-order valence-corrected chi connectivity index (χ4v) is 6.40. The number of methoxy groups -OCH3 is 5. The molecule has 0 radical (unpaired) electrons. The van der Waals surface area contributed by atoms with E-state index in [-0.39, 0.29) is 34.5 Å². The predicted molar refractivity (Wildman–Crippen MR) is 179 cm³/mol. The van der Waals surface area contributed by atoms with E-state index in [2.05, 4.69) is 5.32 Å². The minimum atomic E-state index is -4.45. The number of unbranched alkanes of at least 4 members (excludes halogenated alkanes) is 1. The summed E-state index contributed by atoms with van der Waals surface area (Å²) in [5.41, 5.74) is 0.798. The summed E-state index contributed by atoms with van der Waals surface area (Å²) < 4.78 is 56.8. The largest absolute Gasteiger partial charge is 0.497 e. The Morgan fingerprint density at radius 2 is 1.38 bits per heavy atom. The number of ether oxygens (including phenoxy) is 5. The molecule has 2 amide bonds. The normalized spacial score (nSPS) is 11.6. The highest BCUT2D eigenvalue weighted by molar-refractivity contribution is 7.92. The lowest BCUT2D eigenvalue weighted by Gasteiger charge is -2.33. The number of hydrogen-bond acceptors (Lipinski definition) is 9. The molecule has 3 aromatic rings. The van der Waals surface area contributed by atoms with Crippen LogP contribution in [0.5, 0.6) is 28.7 Å². The first-order valence-electron chi connectivity index (χ1n) is 15.2. The molecule has 3 aromatic carbocycles. The summed E-state index contributed by atoms with van der Waals surface area (Å²) >= 11 is 0. The van der Waals surface area contributed by atoms with Gasteiger partial charge in [0.05, 0.1) is 46.1 Å². The van der Waals surface area contributed by atoms with Crippen LogP contribution < -0.4 is 33.3 Å². The van der Waals surface area contributed by atoms with Crippen LogP contribution in [0.1, 0.15) is 38.7 Å². The van der Waals surface area contributed by atoms with Crippen LogP contribution in [-0.2, 0) is 26.2 Å². The molecule has 0 unspecified atom stereocenters. The molecule has 0 saturated carbocycles. The van der Waals surface area contributed by atoms with Crippen LogP contribution in [0.15, 0.2) is 65.6 Å². The van der Waals surface area contributed by atoms with Gasteiger partial charge in [0, 0.05) is 25.2 Å². The summed E-state index contributed by atoms with van der Waals surface area (Å²) in [6.45, 7) is 3.67. The molecule has 0 aliphatic heterocycles. The van der Waals surface area contributed by atoms with Gasteiger partial charge >= 0.3 is 0 Å². The second-order valence-corrected chi connectivity index (χ2v) is 12.4. The average Bonchev–Trinajstić information content (AvgIpc) is 3.09. The summed E-state index contributed by atoms with van der Waals surface area (Å²) in [5, 5.41) is 2.92. The fourth-order valence-electron chi connectivity index (χ4n) is 4.96. The zero-order valence-electron chi connectivity index (χ0n) is 28.1. The zero-order valence-corrected chi connectivity index (χ0v) is 28.9. The van der Waals surface area contributed by atoms with Gasteiger partial charge in [-0.2, -0.15) is 0 Å². The van der Waals surface area contributed by atoms with E-state index in [0.29, 0.717) is 30.2 Å². The second kappa shape index (κ2) is 17.3. The van der Waals surface area contributed by atoms with Gasteiger partial charge in [-0.15, -0.1) is 0 Å². The predicted octanol–water partition coefficient (Wildman–Crippen LogP) is 4.65. The van der Waals surface area contributed by atoms with E-state index in [1.54, 1.807) is 43.5 Å². The van der Waals surface area contributed by atoms with Crippen molar-refractivity contribution in [3.05, 3.63) is 66.2 Å². The van der Waals surface area contributed by atoms with Crippen molar-refractivity contribution in [2.45, 2.75) is 50.6 Å². The molecular formula is C34H45N3O9S. The number of hydrogen-bond donors (Lipinski definition) is 1. The Kier molecular flexibility index (Phi) is 13.6. The van der Waals surface area contributed by atoms with Gasteiger partial charge < -0.3 is 33.9 Å². The van der Waals surface area contributed by atoms with Crippen LogP contribution >= 0.6 is 0 Å². The molecule has 0 heterocycles. The maximum atomic E-state index is 14.5. The van der Waals surface area contributed by atoms with E-state index < -0.39 is 28.5 Å². The minimum absolute atomic E-state index is 0.0437. The smallest absolute Gasteiger partial charge is 0.265 e. The van der Waals surface area contributed by atoms with Gasteiger partial charge in [-0.05, 0) is 54.8 Å². The van der Waals surface area contributed by atoms with Crippen molar-refractivity contribution in [3.63, 3.8) is 0 Å². The SMILES string of the molecule is CCCCNC(=O)[C@H](CC)N(Cc1ccc(OC)cc1)C(=O)CN(c1cc(OC)ccc1OC)S(=O)(=O)c1ccc(OC)c(OC)c1. The lowest BCUT2D eigenvalue weighted by molar-refractivity contribution is -0.140. The molecule has 0 aliphatic rings. The van der Waals surface area contributed by atoms with Crippen LogP contribution in [0.4, 0.5) is 5.69 Å². The molecule has 0 bridgehead atoms. The van der Waals surface area contributed by atoms with E-state index in [1.165, 1.54) is 57.6 Å². The van der Waals surface area contributed by atoms with Gasteiger partial charge in [-0.1, -0.05) is 32.4 Å². The maximum Gasteiger partial charge on any atom is 0.265 e. The molecule has 0 aromatic heterocycles. The Balaban J connectivity index is 2.17.